The summed E-state index contributed by atoms with van der Waals surface area (Å²) >= 11 is 0. The van der Waals surface area contributed by atoms with Crippen LogP contribution in [-0.2, 0) is 36.5 Å². The molecule has 2 heterocycles. The highest BCUT2D eigenvalue weighted by Gasteiger charge is 2.49. The van der Waals surface area contributed by atoms with Gasteiger partial charge in [-0.15, -0.1) is 0 Å². The van der Waals surface area contributed by atoms with E-state index in [0.717, 1.165) is 48.4 Å². The van der Waals surface area contributed by atoms with Gasteiger partial charge in [0.25, 0.3) is 0 Å². The van der Waals surface area contributed by atoms with Crippen LogP contribution in [-0.4, -0.2) is 0 Å². The number of unbranched alkanes of at least 4 members (excludes halogenated alkanes) is 12. The number of benzene rings is 7. The Morgan fingerprint density at radius 2 is 0.543 bits per heavy atom. The Kier molecular flexibility index (Phi) is 16.4. The van der Waals surface area contributed by atoms with Crippen molar-refractivity contribution in [1.29, 1.82) is 0 Å². The van der Waals surface area contributed by atoms with Crippen LogP contribution < -0.4 is 10.6 Å². The lowest BCUT2D eigenvalue weighted by molar-refractivity contribution is 0.665. The number of rotatable bonds is 24. The molecule has 2 aliphatic rings. The summed E-state index contributed by atoms with van der Waals surface area (Å²) < 4.78 is 0. The molecule has 0 radical (unpaired) electrons. The van der Waals surface area contributed by atoms with Crippen molar-refractivity contribution in [3.05, 3.63) is 224 Å². The molecule has 0 saturated heterocycles. The maximum absolute atomic E-state index is 4.11. The number of fused-ring (bicyclic) bond motifs is 4. The average molecular weight is 925 g/mol. The molecule has 2 N–H and O–H groups in total. The van der Waals surface area contributed by atoms with Crippen molar-refractivity contribution in [2.75, 3.05) is 10.6 Å². The molecular formula is C68H80N2. The molecule has 0 aliphatic carbocycles. The largest absolute Gasteiger partial charge is 0.355 e. The highest BCUT2D eigenvalue weighted by Crippen LogP contribution is 2.59. The molecule has 7 aromatic carbocycles. The topological polar surface area (TPSA) is 24.1 Å². The molecule has 2 nitrogen and oxygen atoms in total. The van der Waals surface area contributed by atoms with E-state index in [0.29, 0.717) is 0 Å². The minimum absolute atomic E-state index is 0.576. The second-order valence-corrected chi connectivity index (χ2v) is 20.8. The SMILES string of the molecule is CCCCCCc1ccc(C2(c3ccc(CCCCCC)cc3)c3ccccc3Nc3cc4c(cc32)Nc2ccccc2C4(c2ccc(CCCCCC)cc2)c2ccc(CCCCCC)cc2)cc1. The standard InChI is InChI=1S/C68H80N2/c1-5-9-13-17-25-51-33-41-55(42-34-51)67(56-43-35-52(36-44-56)26-18-14-10-6-2)59-29-21-23-31-63(59)69-65-50-62-66(49-61(65)67)70-64-32-24-22-30-60(64)68(62,57-45-37-53(38-46-57)27-19-15-11-7-3)58-47-39-54(40-48-58)28-20-16-12-8-4/h21-24,29-50,69-70H,5-20,25-28H2,1-4H3. The fraction of sp³-hybridized carbons (Fsp3) is 0.382. The van der Waals surface area contributed by atoms with E-state index in [1.54, 1.807) is 0 Å². The van der Waals surface area contributed by atoms with E-state index in [2.05, 4.69) is 196 Å². The molecule has 0 bridgehead atoms. The predicted octanol–water partition coefficient (Wildman–Crippen LogP) is 19.1. The van der Waals surface area contributed by atoms with Gasteiger partial charge in [-0.1, -0.05) is 238 Å². The number of anilines is 4. The quantitative estimate of drug-likeness (QED) is 0.0590. The number of para-hydroxylation sites is 2. The van der Waals surface area contributed by atoms with Gasteiger partial charge in [-0.25, -0.2) is 0 Å². The number of aryl methyl sites for hydroxylation is 4. The summed E-state index contributed by atoms with van der Waals surface area (Å²) in [4.78, 5) is 0. The van der Waals surface area contributed by atoms with Crippen LogP contribution in [0.15, 0.2) is 158 Å². The molecule has 0 aromatic heterocycles. The lowest BCUT2D eigenvalue weighted by Gasteiger charge is -2.46. The normalized spacial score (nSPS) is 13.9. The van der Waals surface area contributed by atoms with Crippen LogP contribution in [0.3, 0.4) is 0 Å². The summed E-state index contributed by atoms with van der Waals surface area (Å²) in [5.41, 5.74) is 19.6. The maximum atomic E-state index is 4.11. The molecule has 362 valence electrons. The maximum Gasteiger partial charge on any atom is 0.0742 e. The molecule has 0 atom stereocenters. The zero-order chi connectivity index (χ0) is 48.2. The Balaban J connectivity index is 1.25. The van der Waals surface area contributed by atoms with Crippen LogP contribution in [0.5, 0.6) is 0 Å². The summed E-state index contributed by atoms with van der Waals surface area (Å²) in [5, 5.41) is 8.22. The van der Waals surface area contributed by atoms with Gasteiger partial charge in [0.15, 0.2) is 0 Å². The van der Waals surface area contributed by atoms with Gasteiger partial charge in [0.05, 0.1) is 10.8 Å². The highest BCUT2D eigenvalue weighted by atomic mass is 14.9. The van der Waals surface area contributed by atoms with Crippen molar-refractivity contribution < 1.29 is 0 Å². The zero-order valence-corrected chi connectivity index (χ0v) is 43.2. The molecular weight excluding hydrogens is 845 g/mol. The monoisotopic (exact) mass is 925 g/mol. The van der Waals surface area contributed by atoms with Crippen molar-refractivity contribution in [2.45, 2.75) is 167 Å². The van der Waals surface area contributed by atoms with Crippen LogP contribution in [0.4, 0.5) is 22.7 Å². The van der Waals surface area contributed by atoms with Gasteiger partial charge in [-0.3, -0.25) is 0 Å². The Hall–Kier alpha value is -5.86. The lowest BCUT2D eigenvalue weighted by atomic mass is 9.59. The van der Waals surface area contributed by atoms with Gasteiger partial charge in [-0.05, 0) is 142 Å². The van der Waals surface area contributed by atoms with Gasteiger partial charge < -0.3 is 10.6 Å². The number of nitrogens with one attached hydrogen (secondary N) is 2. The first-order valence-corrected chi connectivity index (χ1v) is 27.8. The first kappa shape index (κ1) is 49.1. The van der Waals surface area contributed by atoms with Gasteiger partial charge in [-0.2, -0.15) is 0 Å². The fourth-order valence-electron chi connectivity index (χ4n) is 12.1. The van der Waals surface area contributed by atoms with E-state index in [4.69, 9.17) is 0 Å². The second-order valence-electron chi connectivity index (χ2n) is 20.8. The minimum Gasteiger partial charge on any atom is -0.355 e. The molecule has 7 aromatic rings. The zero-order valence-electron chi connectivity index (χ0n) is 43.2. The summed E-state index contributed by atoms with van der Waals surface area (Å²) in [7, 11) is 0. The van der Waals surface area contributed by atoms with E-state index in [9.17, 15) is 0 Å². The molecule has 0 amide bonds. The predicted molar refractivity (Wildman–Crippen MR) is 301 cm³/mol. The van der Waals surface area contributed by atoms with Crippen LogP contribution in [0.25, 0.3) is 0 Å². The van der Waals surface area contributed by atoms with Crippen LogP contribution in [0, 0.1) is 0 Å². The first-order valence-electron chi connectivity index (χ1n) is 27.8. The van der Waals surface area contributed by atoms with Gasteiger partial charge in [0.2, 0.25) is 0 Å². The Labute approximate surface area is 422 Å². The third kappa shape index (κ3) is 10.0. The Bertz CT molecular complexity index is 2440. The molecule has 0 spiro atoms. The molecule has 0 unspecified atom stereocenters. The number of hydrogen-bond donors (Lipinski definition) is 2. The molecule has 2 heteroatoms. The van der Waals surface area contributed by atoms with Crippen LogP contribution >= 0.6 is 0 Å². The second kappa shape index (κ2) is 23.4. The highest BCUT2D eigenvalue weighted by molar-refractivity contribution is 5.89. The smallest absolute Gasteiger partial charge is 0.0742 e. The third-order valence-electron chi connectivity index (χ3n) is 16.0. The summed E-state index contributed by atoms with van der Waals surface area (Å²) in [6, 6.07) is 62.4. The summed E-state index contributed by atoms with van der Waals surface area (Å²) in [6.45, 7) is 9.20. The third-order valence-corrected chi connectivity index (χ3v) is 16.0. The van der Waals surface area contributed by atoms with Crippen molar-refractivity contribution >= 4 is 22.7 Å². The van der Waals surface area contributed by atoms with E-state index < -0.39 is 10.8 Å². The molecule has 0 fully saturated rings. The van der Waals surface area contributed by atoms with Crippen LogP contribution in [0.1, 0.15) is 197 Å². The van der Waals surface area contributed by atoms with Crippen LogP contribution in [0.2, 0.25) is 0 Å². The molecule has 70 heavy (non-hydrogen) atoms. The number of hydrogen-bond acceptors (Lipinski definition) is 2. The fourth-order valence-corrected chi connectivity index (χ4v) is 12.1. The van der Waals surface area contributed by atoms with Gasteiger partial charge in [0.1, 0.15) is 0 Å². The van der Waals surface area contributed by atoms with E-state index in [1.807, 2.05) is 0 Å². The minimum atomic E-state index is -0.576. The van der Waals surface area contributed by atoms with E-state index in [-0.39, 0.29) is 0 Å². The van der Waals surface area contributed by atoms with Crippen molar-refractivity contribution in [1.82, 2.24) is 0 Å². The molecule has 2 aliphatic heterocycles. The van der Waals surface area contributed by atoms with Gasteiger partial charge in [0, 0.05) is 22.7 Å². The summed E-state index contributed by atoms with van der Waals surface area (Å²) in [5.74, 6) is 0. The van der Waals surface area contributed by atoms with Gasteiger partial charge >= 0.3 is 0 Å². The van der Waals surface area contributed by atoms with E-state index in [1.165, 1.54) is 169 Å². The van der Waals surface area contributed by atoms with Crippen molar-refractivity contribution in [2.24, 2.45) is 0 Å². The van der Waals surface area contributed by atoms with Crippen molar-refractivity contribution in [3.63, 3.8) is 0 Å². The average Bonchev–Trinajstić information content (AvgIpc) is 3.40. The molecule has 0 saturated carbocycles. The first-order chi connectivity index (χ1) is 34.5. The lowest BCUT2D eigenvalue weighted by Crippen LogP contribution is -2.38. The van der Waals surface area contributed by atoms with E-state index >= 15 is 0 Å². The molecule has 9 rings (SSSR count). The Morgan fingerprint density at radius 1 is 0.271 bits per heavy atom. The Morgan fingerprint density at radius 3 is 0.814 bits per heavy atom. The summed E-state index contributed by atoms with van der Waals surface area (Å²) in [6.07, 6.45) is 24.8. The van der Waals surface area contributed by atoms with Crippen molar-refractivity contribution in [3.8, 4) is 0 Å².